The van der Waals surface area contributed by atoms with Crippen LogP contribution in [0.5, 0.6) is 0 Å². The fraction of sp³-hybridized carbons (Fsp3) is 0.278. The maximum Gasteiger partial charge on any atom is 0.252 e. The van der Waals surface area contributed by atoms with Crippen LogP contribution in [0.3, 0.4) is 0 Å². The smallest absolute Gasteiger partial charge is 0.252 e. The lowest BCUT2D eigenvalue weighted by molar-refractivity contribution is 0.583. The molecule has 132 valence electrons. The number of aromatic amines is 1. The van der Waals surface area contributed by atoms with Gasteiger partial charge in [-0.05, 0) is 55.7 Å². The predicted octanol–water partition coefficient (Wildman–Crippen LogP) is 3.25. The Kier molecular flexibility index (Phi) is 4.81. The normalized spacial score (nSPS) is 12.0. The van der Waals surface area contributed by atoms with Gasteiger partial charge < -0.3 is 4.98 Å². The summed E-state index contributed by atoms with van der Waals surface area (Å²) in [4.78, 5) is 16.1. The second-order valence-corrected chi connectivity index (χ2v) is 9.23. The zero-order chi connectivity index (χ0) is 18.2. The van der Waals surface area contributed by atoms with Gasteiger partial charge in [-0.2, -0.15) is 0 Å². The van der Waals surface area contributed by atoms with E-state index >= 15 is 0 Å². The first-order valence-electron chi connectivity index (χ1n) is 8.01. The second-order valence-electron chi connectivity index (χ2n) is 6.07. The fourth-order valence-electron chi connectivity index (χ4n) is 2.78. The summed E-state index contributed by atoms with van der Waals surface area (Å²) in [5, 5.41) is 0.920. The topological polar surface area (TPSA) is 79.0 Å². The van der Waals surface area contributed by atoms with E-state index in [2.05, 4.69) is 9.71 Å². The quantitative estimate of drug-likeness (QED) is 0.717. The van der Waals surface area contributed by atoms with E-state index in [0.717, 1.165) is 33.3 Å². The molecule has 0 saturated carbocycles. The van der Waals surface area contributed by atoms with Crippen molar-refractivity contribution >= 4 is 32.3 Å². The number of thiophene rings is 1. The molecule has 0 spiro atoms. The predicted molar refractivity (Wildman–Crippen MR) is 102 cm³/mol. The van der Waals surface area contributed by atoms with Crippen molar-refractivity contribution < 1.29 is 8.42 Å². The number of nitrogens with one attached hydrogen (secondary N) is 2. The van der Waals surface area contributed by atoms with Crippen LogP contribution >= 0.6 is 11.3 Å². The van der Waals surface area contributed by atoms with Gasteiger partial charge in [0.1, 0.15) is 4.21 Å². The molecule has 0 amide bonds. The van der Waals surface area contributed by atoms with Crippen LogP contribution in [0.2, 0.25) is 0 Å². The van der Waals surface area contributed by atoms with Crippen molar-refractivity contribution in [2.24, 2.45) is 0 Å². The average molecular weight is 377 g/mol. The number of H-pyrrole nitrogens is 1. The maximum absolute atomic E-state index is 12.4. The summed E-state index contributed by atoms with van der Waals surface area (Å²) in [6, 6.07) is 9.12. The van der Waals surface area contributed by atoms with Gasteiger partial charge in [0.2, 0.25) is 10.0 Å². The van der Waals surface area contributed by atoms with Crippen LogP contribution in [-0.4, -0.2) is 13.4 Å². The van der Waals surface area contributed by atoms with E-state index in [0.29, 0.717) is 5.56 Å². The molecular weight excluding hydrogens is 356 g/mol. The number of aryl methyl sites for hydroxylation is 3. The van der Waals surface area contributed by atoms with Gasteiger partial charge in [0, 0.05) is 27.9 Å². The number of pyridine rings is 1. The Morgan fingerprint density at radius 1 is 1.16 bits per heavy atom. The van der Waals surface area contributed by atoms with Crippen molar-refractivity contribution in [2.45, 2.75) is 37.9 Å². The first-order valence-corrected chi connectivity index (χ1v) is 10.3. The summed E-state index contributed by atoms with van der Waals surface area (Å²) in [5.74, 6) is 0. The van der Waals surface area contributed by atoms with Gasteiger partial charge in [0.05, 0.1) is 0 Å². The summed E-state index contributed by atoms with van der Waals surface area (Å²) < 4.78 is 27.6. The van der Waals surface area contributed by atoms with Crippen molar-refractivity contribution in [2.75, 3.05) is 0 Å². The van der Waals surface area contributed by atoms with Crippen molar-refractivity contribution in [3.8, 4) is 0 Å². The number of aromatic nitrogens is 1. The third-order valence-corrected chi connectivity index (χ3v) is 7.22. The lowest BCUT2D eigenvalue weighted by Crippen LogP contribution is -2.26. The molecule has 7 heteroatoms. The molecule has 0 radical (unpaired) electrons. The molecule has 0 atom stereocenters. The number of rotatable bonds is 5. The third-order valence-electron chi connectivity index (χ3n) is 4.09. The molecule has 2 N–H and O–H groups in total. The third kappa shape index (κ3) is 3.68. The molecule has 0 fully saturated rings. The lowest BCUT2D eigenvalue weighted by Gasteiger charge is -2.08. The van der Waals surface area contributed by atoms with Gasteiger partial charge in [-0.3, -0.25) is 4.79 Å². The Morgan fingerprint density at radius 3 is 2.60 bits per heavy atom. The molecule has 0 unspecified atom stereocenters. The number of hydrogen-bond acceptors (Lipinski definition) is 4. The van der Waals surface area contributed by atoms with Crippen LogP contribution in [0.15, 0.2) is 39.3 Å². The molecule has 25 heavy (non-hydrogen) atoms. The minimum atomic E-state index is -3.62. The summed E-state index contributed by atoms with van der Waals surface area (Å²) >= 11 is 1.25. The molecule has 0 bridgehead atoms. The van der Waals surface area contributed by atoms with E-state index in [4.69, 9.17) is 0 Å². The van der Waals surface area contributed by atoms with E-state index in [9.17, 15) is 13.2 Å². The van der Waals surface area contributed by atoms with Gasteiger partial charge in [0.25, 0.3) is 5.56 Å². The van der Waals surface area contributed by atoms with E-state index < -0.39 is 10.0 Å². The molecule has 1 aromatic carbocycles. The average Bonchev–Trinajstić information content (AvgIpc) is 3.03. The maximum atomic E-state index is 12.4. The number of hydrogen-bond donors (Lipinski definition) is 2. The van der Waals surface area contributed by atoms with Crippen LogP contribution in [-0.2, 0) is 23.0 Å². The largest absolute Gasteiger partial charge is 0.322 e. The highest BCUT2D eigenvalue weighted by atomic mass is 32.2. The Hall–Kier alpha value is -1.96. The SMILES string of the molecule is CCc1ccc(S(=O)(=O)NCc2cc3c(C)cc(C)cc3[nH]c2=O)s1. The zero-order valence-corrected chi connectivity index (χ0v) is 16.0. The highest BCUT2D eigenvalue weighted by Gasteiger charge is 2.17. The fourth-order valence-corrected chi connectivity index (χ4v) is 5.13. The molecular formula is C18H20N2O3S2. The van der Waals surface area contributed by atoms with Gasteiger partial charge in [0.15, 0.2) is 0 Å². The van der Waals surface area contributed by atoms with E-state index in [-0.39, 0.29) is 16.3 Å². The first kappa shape index (κ1) is 17.8. The molecule has 5 nitrogen and oxygen atoms in total. The molecule has 0 aliphatic carbocycles. The highest BCUT2D eigenvalue weighted by molar-refractivity contribution is 7.91. The minimum Gasteiger partial charge on any atom is -0.322 e. The van der Waals surface area contributed by atoms with Gasteiger partial charge >= 0.3 is 0 Å². The summed E-state index contributed by atoms with van der Waals surface area (Å²) in [5.41, 5.74) is 3.00. The van der Waals surface area contributed by atoms with Crippen LogP contribution in [0.1, 0.15) is 28.5 Å². The van der Waals surface area contributed by atoms with Gasteiger partial charge in [-0.15, -0.1) is 11.3 Å². The Bertz CT molecular complexity index is 1100. The van der Waals surface area contributed by atoms with E-state index in [1.54, 1.807) is 12.1 Å². The molecule has 0 aliphatic heterocycles. The lowest BCUT2D eigenvalue weighted by atomic mass is 10.0. The number of sulfonamides is 1. The number of fused-ring (bicyclic) bond motifs is 1. The van der Waals surface area contributed by atoms with Crippen LogP contribution in [0, 0.1) is 13.8 Å². The molecule has 3 rings (SSSR count). The van der Waals surface area contributed by atoms with Crippen molar-refractivity contribution in [1.82, 2.24) is 9.71 Å². The summed E-state index contributed by atoms with van der Waals surface area (Å²) in [6.45, 7) is 5.88. The first-order chi connectivity index (χ1) is 11.8. The van der Waals surface area contributed by atoms with Crippen molar-refractivity contribution in [3.05, 3.63) is 62.3 Å². The monoisotopic (exact) mass is 376 g/mol. The summed E-state index contributed by atoms with van der Waals surface area (Å²) in [7, 11) is -3.62. The van der Waals surface area contributed by atoms with Crippen molar-refractivity contribution in [3.63, 3.8) is 0 Å². The van der Waals surface area contributed by atoms with Gasteiger partial charge in [-0.25, -0.2) is 13.1 Å². The molecule has 0 saturated heterocycles. The molecule has 3 aromatic rings. The van der Waals surface area contributed by atoms with E-state index in [1.165, 1.54) is 11.3 Å². The molecule has 0 aliphatic rings. The molecule has 2 aromatic heterocycles. The zero-order valence-electron chi connectivity index (χ0n) is 14.3. The Balaban J connectivity index is 1.90. The highest BCUT2D eigenvalue weighted by Crippen LogP contribution is 2.22. The van der Waals surface area contributed by atoms with Gasteiger partial charge in [-0.1, -0.05) is 13.0 Å². The molecule has 2 heterocycles. The Labute approximate surface area is 150 Å². The van der Waals surface area contributed by atoms with Crippen molar-refractivity contribution in [1.29, 1.82) is 0 Å². The Morgan fingerprint density at radius 2 is 1.92 bits per heavy atom. The van der Waals surface area contributed by atoms with Crippen LogP contribution < -0.4 is 10.3 Å². The summed E-state index contributed by atoms with van der Waals surface area (Å²) in [6.07, 6.45) is 0.795. The standard InChI is InChI=1S/C18H20N2O3S2/c1-4-14-5-6-17(24-14)25(22,23)19-10-13-9-15-12(3)7-11(2)8-16(15)20-18(13)21/h5-9,19H,4,10H2,1-3H3,(H,20,21). The van der Waals surface area contributed by atoms with E-state index in [1.807, 2.05) is 39.0 Å². The second kappa shape index (κ2) is 6.74. The number of benzene rings is 1. The van der Waals surface area contributed by atoms with Crippen LogP contribution in [0.25, 0.3) is 10.9 Å². The minimum absolute atomic E-state index is 0.0414. The van der Waals surface area contributed by atoms with Crippen LogP contribution in [0.4, 0.5) is 0 Å².